The Morgan fingerprint density at radius 1 is 1.06 bits per heavy atom. The molecule has 2 N–H and O–H groups in total. The number of aliphatic hydroxyl groups excluding tert-OH is 2. The average molecular weight is 481 g/mol. The molecule has 0 aromatic carbocycles. The first-order valence-corrected chi connectivity index (χ1v) is 12.6. The Balaban J connectivity index is 2.26. The van der Waals surface area contributed by atoms with E-state index in [9.17, 15) is 15.0 Å². The van der Waals surface area contributed by atoms with Crippen molar-refractivity contribution in [1.82, 2.24) is 0 Å². The number of ether oxygens (including phenoxy) is 1. The van der Waals surface area contributed by atoms with E-state index in [-0.39, 0.29) is 24.1 Å². The van der Waals surface area contributed by atoms with Gasteiger partial charge >= 0.3 is 5.97 Å². The van der Waals surface area contributed by atoms with Crippen molar-refractivity contribution >= 4 is 5.97 Å². The number of cyclic esters (lactones) is 1. The smallest absolute Gasteiger partial charge is 0.331 e. The van der Waals surface area contributed by atoms with E-state index in [4.69, 9.17) is 4.74 Å². The van der Waals surface area contributed by atoms with Crippen LogP contribution in [0.5, 0.6) is 0 Å². The predicted octanol–water partition coefficient (Wildman–Crippen LogP) is 6.86. The molecule has 0 spiro atoms. The molecule has 4 unspecified atom stereocenters. The highest BCUT2D eigenvalue weighted by Gasteiger charge is 2.25. The van der Waals surface area contributed by atoms with Crippen molar-refractivity contribution in [2.24, 2.45) is 5.92 Å². The molecular formula is C31H44O4. The van der Waals surface area contributed by atoms with Gasteiger partial charge in [0, 0.05) is 18.4 Å². The summed E-state index contributed by atoms with van der Waals surface area (Å²) in [6.45, 7) is 11.7. The maximum absolute atomic E-state index is 11.5. The van der Waals surface area contributed by atoms with Gasteiger partial charge in [-0.1, -0.05) is 91.5 Å². The van der Waals surface area contributed by atoms with Crippen LogP contribution in [0.2, 0.25) is 0 Å². The fourth-order valence-electron chi connectivity index (χ4n) is 3.59. The summed E-state index contributed by atoms with van der Waals surface area (Å²) in [5.41, 5.74) is 3.20. The van der Waals surface area contributed by atoms with E-state index in [2.05, 4.69) is 13.5 Å². The Morgan fingerprint density at radius 3 is 2.49 bits per heavy atom. The summed E-state index contributed by atoms with van der Waals surface area (Å²) < 4.78 is 5.38. The first-order chi connectivity index (χ1) is 16.7. The van der Waals surface area contributed by atoms with Gasteiger partial charge in [0.2, 0.25) is 0 Å². The van der Waals surface area contributed by atoms with Gasteiger partial charge in [-0.25, -0.2) is 4.79 Å². The maximum atomic E-state index is 11.5. The van der Waals surface area contributed by atoms with Crippen LogP contribution >= 0.6 is 0 Å². The van der Waals surface area contributed by atoms with Crippen LogP contribution in [0.1, 0.15) is 66.2 Å². The molecule has 0 amide bonds. The fraction of sp³-hybridized carbons (Fsp3) is 0.452. The Labute approximate surface area is 212 Å². The highest BCUT2D eigenvalue weighted by Crippen LogP contribution is 2.24. The quantitative estimate of drug-likeness (QED) is 0.198. The number of rotatable bonds is 15. The van der Waals surface area contributed by atoms with Crippen molar-refractivity contribution in [2.75, 3.05) is 0 Å². The molecule has 35 heavy (non-hydrogen) atoms. The van der Waals surface area contributed by atoms with Crippen molar-refractivity contribution in [1.29, 1.82) is 0 Å². The third-order valence-electron chi connectivity index (χ3n) is 6.17. The standard InChI is InChI=1S/C31H44O4/c1-6-16-24(2)21-22-28(32)18-15-14-17-25(3)29(33)19-12-10-8-7-9-11-13-20-30-27(5)26(4)23-31(34)35-30/h6-11,13-17,23,27-30,32-33H,1,12,18-22H2,2-5H3. The summed E-state index contributed by atoms with van der Waals surface area (Å²) in [5, 5.41) is 20.4. The van der Waals surface area contributed by atoms with Crippen LogP contribution in [0.4, 0.5) is 0 Å². The zero-order chi connectivity index (χ0) is 26.1. The minimum Gasteiger partial charge on any atom is -0.458 e. The van der Waals surface area contributed by atoms with Crippen LogP contribution in [0.3, 0.4) is 0 Å². The number of esters is 1. The molecule has 0 saturated carbocycles. The zero-order valence-corrected chi connectivity index (χ0v) is 21.9. The zero-order valence-electron chi connectivity index (χ0n) is 21.9. The fourth-order valence-corrected chi connectivity index (χ4v) is 3.59. The van der Waals surface area contributed by atoms with E-state index in [1.165, 1.54) is 5.57 Å². The minimum absolute atomic E-state index is 0.0977. The third kappa shape index (κ3) is 13.7. The number of hydrogen-bond donors (Lipinski definition) is 2. The van der Waals surface area contributed by atoms with Gasteiger partial charge in [-0.05, 0) is 58.4 Å². The van der Waals surface area contributed by atoms with E-state index in [1.54, 1.807) is 12.2 Å². The lowest BCUT2D eigenvalue weighted by Crippen LogP contribution is -2.29. The van der Waals surface area contributed by atoms with E-state index >= 15 is 0 Å². The predicted molar refractivity (Wildman–Crippen MR) is 147 cm³/mol. The molecule has 0 aliphatic carbocycles. The molecular weight excluding hydrogens is 436 g/mol. The van der Waals surface area contributed by atoms with Gasteiger partial charge in [-0.3, -0.25) is 0 Å². The van der Waals surface area contributed by atoms with Gasteiger partial charge < -0.3 is 14.9 Å². The van der Waals surface area contributed by atoms with Crippen LogP contribution in [0.15, 0.2) is 96.2 Å². The molecule has 1 rings (SSSR count). The molecule has 1 aliphatic heterocycles. The topological polar surface area (TPSA) is 66.8 Å². The van der Waals surface area contributed by atoms with Gasteiger partial charge in [-0.15, -0.1) is 0 Å². The van der Waals surface area contributed by atoms with E-state index in [0.29, 0.717) is 19.3 Å². The van der Waals surface area contributed by atoms with Gasteiger partial charge in [-0.2, -0.15) is 0 Å². The summed E-state index contributed by atoms with van der Waals surface area (Å²) in [7, 11) is 0. The lowest BCUT2D eigenvalue weighted by atomic mass is 9.92. The second-order valence-corrected chi connectivity index (χ2v) is 9.24. The van der Waals surface area contributed by atoms with Gasteiger partial charge in [0.15, 0.2) is 0 Å². The number of carbonyl (C=O) groups is 1. The lowest BCUT2D eigenvalue weighted by molar-refractivity contribution is -0.146. The molecule has 1 heterocycles. The van der Waals surface area contributed by atoms with Gasteiger partial charge in [0.25, 0.3) is 0 Å². The van der Waals surface area contributed by atoms with Crippen LogP contribution in [0.25, 0.3) is 0 Å². The highest BCUT2D eigenvalue weighted by molar-refractivity contribution is 5.84. The van der Waals surface area contributed by atoms with Crippen LogP contribution in [0, 0.1) is 5.92 Å². The van der Waals surface area contributed by atoms with Crippen molar-refractivity contribution in [3.63, 3.8) is 0 Å². The SMILES string of the molecule is C=CC=C(C)CCC(O)CC=CC=C(C)C(O)CCC=CC=CC=CCC1OC(=O)C=C(C)C1C. The molecule has 4 nitrogen and oxygen atoms in total. The van der Waals surface area contributed by atoms with Gasteiger partial charge in [0.1, 0.15) is 6.10 Å². The second kappa shape index (κ2) is 17.7. The lowest BCUT2D eigenvalue weighted by Gasteiger charge is -2.27. The van der Waals surface area contributed by atoms with Crippen LogP contribution < -0.4 is 0 Å². The number of hydrogen-bond acceptors (Lipinski definition) is 4. The monoisotopic (exact) mass is 480 g/mol. The molecule has 0 aromatic heterocycles. The number of carbonyl (C=O) groups excluding carboxylic acids is 1. The summed E-state index contributed by atoms with van der Waals surface area (Å²) in [6.07, 6.45) is 26.4. The summed E-state index contributed by atoms with van der Waals surface area (Å²) in [4.78, 5) is 11.5. The maximum Gasteiger partial charge on any atom is 0.331 e. The molecule has 4 atom stereocenters. The molecule has 4 heteroatoms. The van der Waals surface area contributed by atoms with E-state index in [0.717, 1.165) is 30.4 Å². The summed E-state index contributed by atoms with van der Waals surface area (Å²) >= 11 is 0. The van der Waals surface area contributed by atoms with Crippen LogP contribution in [-0.4, -0.2) is 34.5 Å². The van der Waals surface area contributed by atoms with Crippen molar-refractivity contribution < 1.29 is 19.7 Å². The molecule has 0 aromatic rings. The Morgan fingerprint density at radius 2 is 1.77 bits per heavy atom. The van der Waals surface area contributed by atoms with E-state index in [1.807, 2.05) is 81.5 Å². The van der Waals surface area contributed by atoms with Crippen molar-refractivity contribution in [2.45, 2.75) is 84.5 Å². The average Bonchev–Trinajstić information content (AvgIpc) is 2.82. The first-order valence-electron chi connectivity index (χ1n) is 12.6. The number of aliphatic hydroxyl groups is 2. The molecule has 0 saturated heterocycles. The van der Waals surface area contributed by atoms with Crippen LogP contribution in [-0.2, 0) is 9.53 Å². The molecule has 0 bridgehead atoms. The minimum atomic E-state index is -0.484. The number of allylic oxidation sites excluding steroid dienone is 10. The normalized spacial score (nSPS) is 21.8. The summed E-state index contributed by atoms with van der Waals surface area (Å²) in [6, 6.07) is 0. The Hall–Kier alpha value is -2.69. The highest BCUT2D eigenvalue weighted by atomic mass is 16.5. The Bertz CT molecular complexity index is 866. The molecule has 0 fully saturated rings. The van der Waals surface area contributed by atoms with Crippen molar-refractivity contribution in [3.8, 4) is 0 Å². The largest absolute Gasteiger partial charge is 0.458 e. The first kappa shape index (κ1) is 30.3. The Kier molecular flexibility index (Phi) is 15.3. The van der Waals surface area contributed by atoms with Crippen molar-refractivity contribution in [3.05, 3.63) is 96.2 Å². The molecule has 0 radical (unpaired) electrons. The summed E-state index contributed by atoms with van der Waals surface area (Å²) in [5.74, 6) is -0.00958. The van der Waals surface area contributed by atoms with E-state index < -0.39 is 6.10 Å². The van der Waals surface area contributed by atoms with Gasteiger partial charge in [0.05, 0.1) is 12.2 Å². The molecule has 192 valence electrons. The second-order valence-electron chi connectivity index (χ2n) is 9.24. The third-order valence-corrected chi connectivity index (χ3v) is 6.17. The molecule has 1 aliphatic rings.